The molecule has 3 rings (SSSR count). The minimum Gasteiger partial charge on any atom is -0.497 e. The molecule has 2 aromatic carbocycles. The van der Waals surface area contributed by atoms with Crippen molar-refractivity contribution >= 4 is 16.8 Å². The molecule has 0 bridgehead atoms. The first-order valence-corrected chi connectivity index (χ1v) is 12.6. The Morgan fingerprint density at radius 2 is 1.64 bits per heavy atom. The van der Waals surface area contributed by atoms with Gasteiger partial charge in [0.1, 0.15) is 5.75 Å². The van der Waals surface area contributed by atoms with E-state index < -0.39 is 0 Å². The van der Waals surface area contributed by atoms with Crippen molar-refractivity contribution in [3.8, 4) is 16.9 Å². The van der Waals surface area contributed by atoms with Crippen LogP contribution in [-0.2, 0) is 17.8 Å². The summed E-state index contributed by atoms with van der Waals surface area (Å²) < 4.78 is 7.78. The average Bonchev–Trinajstić information content (AvgIpc) is 3.18. The molecule has 0 atom stereocenters. The molecule has 33 heavy (non-hydrogen) atoms. The average molecular weight is 449 g/mol. The fourth-order valence-electron chi connectivity index (χ4n) is 4.59. The summed E-state index contributed by atoms with van der Waals surface area (Å²) in [7, 11) is 1.70. The molecule has 0 aliphatic rings. The molecule has 1 aromatic heterocycles. The summed E-state index contributed by atoms with van der Waals surface area (Å²) in [4.78, 5) is 14.8. The summed E-state index contributed by atoms with van der Waals surface area (Å²) in [5.41, 5.74) is 4.62. The molecule has 178 valence electrons. The first-order valence-electron chi connectivity index (χ1n) is 12.6. The first kappa shape index (κ1) is 24.9. The van der Waals surface area contributed by atoms with Gasteiger partial charge in [0.2, 0.25) is 5.91 Å². The molecule has 1 heterocycles. The number of likely N-dealkylation sites (N-methyl/N-ethyl adjacent to an activating group) is 1. The highest BCUT2D eigenvalue weighted by molar-refractivity contribution is 5.92. The minimum absolute atomic E-state index is 0.199. The monoisotopic (exact) mass is 448 g/mol. The van der Waals surface area contributed by atoms with Crippen molar-refractivity contribution in [2.24, 2.45) is 0 Å². The molecule has 0 aliphatic heterocycles. The number of amides is 1. The van der Waals surface area contributed by atoms with Crippen molar-refractivity contribution in [1.82, 2.24) is 9.47 Å². The number of rotatable bonds is 13. The maximum Gasteiger partial charge on any atom is 0.227 e. The van der Waals surface area contributed by atoms with Crippen molar-refractivity contribution in [3.05, 3.63) is 54.2 Å². The van der Waals surface area contributed by atoms with E-state index in [9.17, 15) is 4.79 Å². The number of aryl methyl sites for hydroxylation is 1. The quantitative estimate of drug-likeness (QED) is 0.262. The summed E-state index contributed by atoms with van der Waals surface area (Å²) >= 11 is 0. The molecule has 3 aromatic rings. The predicted octanol–water partition coefficient (Wildman–Crippen LogP) is 7.09. The number of methoxy groups -OCH3 is 1. The number of carbonyl (C=O) groups is 1. The van der Waals surface area contributed by atoms with Crippen LogP contribution in [0.2, 0.25) is 0 Å². The third kappa shape index (κ3) is 6.40. The van der Waals surface area contributed by atoms with Gasteiger partial charge in [-0.2, -0.15) is 0 Å². The molecule has 0 saturated heterocycles. The van der Waals surface area contributed by atoms with Crippen molar-refractivity contribution in [2.75, 3.05) is 20.2 Å². The lowest BCUT2D eigenvalue weighted by Gasteiger charge is -2.18. The Kier molecular flexibility index (Phi) is 9.41. The second kappa shape index (κ2) is 12.5. The zero-order valence-electron chi connectivity index (χ0n) is 20.9. The molecule has 0 aliphatic carbocycles. The molecule has 0 spiro atoms. The highest BCUT2D eigenvalue weighted by atomic mass is 16.5. The van der Waals surface area contributed by atoms with Gasteiger partial charge in [-0.05, 0) is 61.2 Å². The van der Waals surface area contributed by atoms with Crippen LogP contribution in [0.1, 0.15) is 64.9 Å². The van der Waals surface area contributed by atoms with E-state index in [1.165, 1.54) is 49.4 Å². The minimum atomic E-state index is 0.199. The molecule has 0 unspecified atom stereocenters. The maximum absolute atomic E-state index is 12.9. The van der Waals surface area contributed by atoms with E-state index in [4.69, 9.17) is 4.74 Å². The molecule has 1 amide bonds. The Morgan fingerprint density at radius 3 is 2.36 bits per heavy atom. The molecular formula is C29H40N2O2. The number of carbonyl (C=O) groups excluding carboxylic acids is 1. The topological polar surface area (TPSA) is 34.5 Å². The summed E-state index contributed by atoms with van der Waals surface area (Å²) in [6, 6.07) is 14.8. The normalized spacial score (nSPS) is 11.2. The van der Waals surface area contributed by atoms with Crippen LogP contribution in [0, 0.1) is 0 Å². The summed E-state index contributed by atoms with van der Waals surface area (Å²) in [6.07, 6.45) is 10.3. The second-order valence-electron chi connectivity index (χ2n) is 8.82. The fourth-order valence-corrected chi connectivity index (χ4v) is 4.59. The Morgan fingerprint density at radius 1 is 0.909 bits per heavy atom. The van der Waals surface area contributed by atoms with Gasteiger partial charge in [0.15, 0.2) is 0 Å². The summed E-state index contributed by atoms with van der Waals surface area (Å²) in [5, 5.41) is 1.18. The zero-order chi connectivity index (χ0) is 23.6. The summed E-state index contributed by atoms with van der Waals surface area (Å²) in [5.74, 6) is 1.05. The molecule has 0 fully saturated rings. The number of aromatic nitrogens is 1. The largest absolute Gasteiger partial charge is 0.497 e. The Balaban J connectivity index is 1.90. The lowest BCUT2D eigenvalue weighted by atomic mass is 10.0. The van der Waals surface area contributed by atoms with Gasteiger partial charge >= 0.3 is 0 Å². The Hall–Kier alpha value is -2.75. The van der Waals surface area contributed by atoms with Gasteiger partial charge in [-0.25, -0.2) is 0 Å². The fraction of sp³-hybridized carbons (Fsp3) is 0.483. The van der Waals surface area contributed by atoms with Gasteiger partial charge in [0.25, 0.3) is 0 Å². The number of nitrogens with zero attached hydrogens (tertiary/aromatic N) is 2. The number of hydrogen-bond donors (Lipinski definition) is 0. The highest BCUT2D eigenvalue weighted by Crippen LogP contribution is 2.30. The van der Waals surface area contributed by atoms with Gasteiger partial charge < -0.3 is 14.2 Å². The van der Waals surface area contributed by atoms with Crippen LogP contribution >= 0.6 is 0 Å². The van der Waals surface area contributed by atoms with Crippen LogP contribution in [-0.4, -0.2) is 35.6 Å². The Bertz CT molecular complexity index is 1030. The lowest BCUT2D eigenvalue weighted by molar-refractivity contribution is -0.130. The van der Waals surface area contributed by atoms with Gasteiger partial charge in [-0.1, -0.05) is 57.2 Å². The van der Waals surface area contributed by atoms with Crippen LogP contribution in [0.25, 0.3) is 22.0 Å². The van der Waals surface area contributed by atoms with E-state index in [0.717, 1.165) is 42.1 Å². The highest BCUT2D eigenvalue weighted by Gasteiger charge is 2.16. The van der Waals surface area contributed by atoms with Gasteiger partial charge in [0.05, 0.1) is 13.5 Å². The number of fused-ring (bicyclic) bond motifs is 1. The van der Waals surface area contributed by atoms with E-state index in [-0.39, 0.29) is 5.91 Å². The standard InChI is InChI=1S/C29H40N2O2/c1-5-8-9-10-11-12-18-31-22-25(21-29(32)30(6-2)7-3)27-20-24(16-17-28(27)31)23-14-13-15-26(19-23)33-4/h13-17,19-20,22H,5-12,18,21H2,1-4H3. The van der Waals surface area contributed by atoms with Crippen molar-refractivity contribution in [2.45, 2.75) is 72.3 Å². The van der Waals surface area contributed by atoms with E-state index in [2.05, 4.69) is 48.0 Å². The molecular weight excluding hydrogens is 408 g/mol. The maximum atomic E-state index is 12.9. The number of unbranched alkanes of at least 4 members (excludes halogenated alkanes) is 5. The zero-order valence-corrected chi connectivity index (χ0v) is 20.9. The number of ether oxygens (including phenoxy) is 1. The van der Waals surface area contributed by atoms with Crippen LogP contribution < -0.4 is 4.74 Å². The molecule has 4 nitrogen and oxygen atoms in total. The molecule has 0 N–H and O–H groups in total. The predicted molar refractivity (Wildman–Crippen MR) is 139 cm³/mol. The van der Waals surface area contributed by atoms with E-state index in [1.54, 1.807) is 7.11 Å². The molecule has 4 heteroatoms. The number of benzene rings is 2. The third-order valence-electron chi connectivity index (χ3n) is 6.58. The van der Waals surface area contributed by atoms with Gasteiger partial charge in [0, 0.05) is 36.7 Å². The third-order valence-corrected chi connectivity index (χ3v) is 6.58. The van der Waals surface area contributed by atoms with Crippen molar-refractivity contribution in [1.29, 1.82) is 0 Å². The van der Waals surface area contributed by atoms with Crippen molar-refractivity contribution < 1.29 is 9.53 Å². The van der Waals surface area contributed by atoms with Crippen LogP contribution in [0.4, 0.5) is 0 Å². The van der Waals surface area contributed by atoms with Gasteiger partial charge in [-0.3, -0.25) is 4.79 Å². The van der Waals surface area contributed by atoms with Gasteiger partial charge in [-0.15, -0.1) is 0 Å². The van der Waals surface area contributed by atoms with E-state index in [1.807, 2.05) is 30.9 Å². The first-order chi connectivity index (χ1) is 16.1. The molecule has 0 radical (unpaired) electrons. The number of hydrogen-bond acceptors (Lipinski definition) is 2. The SMILES string of the molecule is CCCCCCCCn1cc(CC(=O)N(CC)CC)c2cc(-c3cccc(OC)c3)ccc21. The Labute approximate surface area is 199 Å². The van der Waals surface area contributed by atoms with Crippen molar-refractivity contribution in [3.63, 3.8) is 0 Å². The summed E-state index contributed by atoms with van der Waals surface area (Å²) in [6.45, 7) is 8.85. The van der Waals surface area contributed by atoms with Crippen LogP contribution in [0.3, 0.4) is 0 Å². The van der Waals surface area contributed by atoms with Crippen LogP contribution in [0.5, 0.6) is 5.75 Å². The second-order valence-corrected chi connectivity index (χ2v) is 8.82. The lowest BCUT2D eigenvalue weighted by Crippen LogP contribution is -2.31. The van der Waals surface area contributed by atoms with Crippen LogP contribution in [0.15, 0.2) is 48.7 Å². The van der Waals surface area contributed by atoms with E-state index in [0.29, 0.717) is 6.42 Å². The van der Waals surface area contributed by atoms with E-state index >= 15 is 0 Å². The smallest absolute Gasteiger partial charge is 0.227 e. The molecule has 0 saturated carbocycles.